The Labute approximate surface area is 176 Å². The Morgan fingerprint density at radius 2 is 2.07 bits per heavy atom. The highest BCUT2D eigenvalue weighted by Crippen LogP contribution is 2.28. The molecule has 4 heterocycles. The first-order chi connectivity index (χ1) is 14.7. The van der Waals surface area contributed by atoms with Crippen LogP contribution < -0.4 is 5.32 Å². The van der Waals surface area contributed by atoms with Crippen LogP contribution in [0.25, 0.3) is 21.6 Å². The van der Waals surface area contributed by atoms with E-state index >= 15 is 0 Å². The second-order valence-electron chi connectivity index (χ2n) is 6.95. The second-order valence-corrected chi connectivity index (χ2v) is 7.90. The number of H-pyrrole nitrogens is 1. The summed E-state index contributed by atoms with van der Waals surface area (Å²) in [6.07, 6.45) is 3.41. The number of carbonyl (C=O) groups is 1. The van der Waals surface area contributed by atoms with Crippen LogP contribution in [0.5, 0.6) is 0 Å². The molecule has 5 rings (SSSR count). The average molecular weight is 414 g/mol. The second kappa shape index (κ2) is 7.57. The molecule has 0 aliphatic heterocycles. The molecular formula is C22H18N6OS. The monoisotopic (exact) mass is 414 g/mol. The van der Waals surface area contributed by atoms with Gasteiger partial charge >= 0.3 is 0 Å². The number of pyridine rings is 1. The molecule has 0 unspecified atom stereocenters. The lowest BCUT2D eigenvalue weighted by atomic mass is 10.2. The van der Waals surface area contributed by atoms with Crippen molar-refractivity contribution in [3.8, 4) is 10.6 Å². The number of aromatic nitrogens is 5. The number of hydrogen-bond acceptors (Lipinski definition) is 5. The third kappa shape index (κ3) is 3.48. The standard InChI is InChI=1S/C22H18N6OS/c1-14-17-10-16(11-23-21(17)26-25-14)24-22(29)18-13-28(12-15-6-3-2-4-7-15)27-20(18)19-8-5-9-30-19/h2-11,13H,12H2,1H3,(H,24,29)(H,23,25,26). The van der Waals surface area contributed by atoms with Gasteiger partial charge in [0.05, 0.1) is 28.9 Å². The fourth-order valence-electron chi connectivity index (χ4n) is 3.32. The molecule has 30 heavy (non-hydrogen) atoms. The van der Waals surface area contributed by atoms with Gasteiger partial charge in [0.2, 0.25) is 0 Å². The van der Waals surface area contributed by atoms with Gasteiger partial charge in [-0.2, -0.15) is 10.2 Å². The van der Waals surface area contributed by atoms with Crippen LogP contribution in [0.4, 0.5) is 5.69 Å². The van der Waals surface area contributed by atoms with Gasteiger partial charge in [-0.15, -0.1) is 11.3 Å². The van der Waals surface area contributed by atoms with Crippen LogP contribution >= 0.6 is 11.3 Å². The summed E-state index contributed by atoms with van der Waals surface area (Å²) in [5.74, 6) is -0.222. The van der Waals surface area contributed by atoms with Crippen molar-refractivity contribution in [1.82, 2.24) is 25.0 Å². The Kier molecular flexibility index (Phi) is 4.61. The lowest BCUT2D eigenvalue weighted by Gasteiger charge is -2.04. The zero-order valence-electron chi connectivity index (χ0n) is 16.2. The number of carbonyl (C=O) groups excluding carboxylic acids is 1. The van der Waals surface area contributed by atoms with E-state index in [1.807, 2.05) is 60.8 Å². The molecule has 5 aromatic rings. The van der Waals surface area contributed by atoms with Gasteiger partial charge in [0.1, 0.15) is 5.69 Å². The van der Waals surface area contributed by atoms with E-state index in [0.717, 1.165) is 21.5 Å². The highest BCUT2D eigenvalue weighted by Gasteiger charge is 2.19. The molecule has 0 aliphatic rings. The number of rotatable bonds is 5. The van der Waals surface area contributed by atoms with Gasteiger partial charge in [0.25, 0.3) is 5.91 Å². The molecule has 1 amide bonds. The summed E-state index contributed by atoms with van der Waals surface area (Å²) in [4.78, 5) is 18.4. The highest BCUT2D eigenvalue weighted by atomic mass is 32.1. The summed E-state index contributed by atoms with van der Waals surface area (Å²) < 4.78 is 1.81. The molecule has 0 saturated carbocycles. The Hall–Kier alpha value is -3.78. The van der Waals surface area contributed by atoms with Gasteiger partial charge in [-0.3, -0.25) is 14.6 Å². The highest BCUT2D eigenvalue weighted by molar-refractivity contribution is 7.13. The number of nitrogens with zero attached hydrogens (tertiary/aromatic N) is 4. The molecule has 0 atom stereocenters. The predicted octanol–water partition coefficient (Wildman–Crippen LogP) is 4.49. The van der Waals surface area contributed by atoms with Crippen molar-refractivity contribution >= 4 is 34.0 Å². The summed E-state index contributed by atoms with van der Waals surface area (Å²) in [5.41, 5.74) is 4.47. The molecule has 0 radical (unpaired) electrons. The number of benzene rings is 1. The van der Waals surface area contributed by atoms with Crippen LogP contribution in [0.15, 0.2) is 66.3 Å². The number of fused-ring (bicyclic) bond motifs is 1. The number of hydrogen-bond donors (Lipinski definition) is 2. The van der Waals surface area contributed by atoms with E-state index in [2.05, 4.69) is 20.5 Å². The van der Waals surface area contributed by atoms with E-state index in [9.17, 15) is 4.79 Å². The minimum absolute atomic E-state index is 0.222. The fraction of sp³-hybridized carbons (Fsp3) is 0.0909. The summed E-state index contributed by atoms with van der Waals surface area (Å²) in [7, 11) is 0. The molecule has 2 N–H and O–H groups in total. The predicted molar refractivity (Wildman–Crippen MR) is 118 cm³/mol. The quantitative estimate of drug-likeness (QED) is 0.443. The number of aryl methyl sites for hydroxylation is 1. The third-order valence-corrected chi connectivity index (χ3v) is 5.68. The average Bonchev–Trinajstić information content (AvgIpc) is 3.49. The Morgan fingerprint density at radius 3 is 2.87 bits per heavy atom. The summed E-state index contributed by atoms with van der Waals surface area (Å²) in [6, 6.07) is 15.9. The number of aromatic amines is 1. The minimum Gasteiger partial charge on any atom is -0.320 e. The fourth-order valence-corrected chi connectivity index (χ4v) is 4.04. The first-order valence-corrected chi connectivity index (χ1v) is 10.3. The molecule has 8 heteroatoms. The Bertz CT molecular complexity index is 1320. The van der Waals surface area contributed by atoms with E-state index in [1.54, 1.807) is 28.4 Å². The van der Waals surface area contributed by atoms with E-state index in [1.165, 1.54) is 0 Å². The smallest absolute Gasteiger partial charge is 0.259 e. The van der Waals surface area contributed by atoms with Gasteiger partial charge in [-0.25, -0.2) is 4.98 Å². The molecule has 0 aliphatic carbocycles. The molecule has 0 fully saturated rings. The van der Waals surface area contributed by atoms with Crippen molar-refractivity contribution in [2.45, 2.75) is 13.5 Å². The maximum atomic E-state index is 13.1. The lowest BCUT2D eigenvalue weighted by molar-refractivity contribution is 0.102. The van der Waals surface area contributed by atoms with Crippen LogP contribution in [0.3, 0.4) is 0 Å². The maximum absolute atomic E-state index is 13.1. The first-order valence-electron chi connectivity index (χ1n) is 9.45. The van der Waals surface area contributed by atoms with Crippen molar-refractivity contribution in [3.05, 3.63) is 83.1 Å². The number of anilines is 1. The molecule has 1 aromatic carbocycles. The van der Waals surface area contributed by atoms with E-state index < -0.39 is 0 Å². The van der Waals surface area contributed by atoms with Crippen molar-refractivity contribution < 1.29 is 4.79 Å². The Morgan fingerprint density at radius 1 is 1.20 bits per heavy atom. The number of nitrogens with one attached hydrogen (secondary N) is 2. The number of thiophene rings is 1. The Balaban J connectivity index is 1.48. The molecule has 4 aromatic heterocycles. The summed E-state index contributed by atoms with van der Waals surface area (Å²) in [5, 5.41) is 17.5. The first kappa shape index (κ1) is 18.3. The minimum atomic E-state index is -0.222. The van der Waals surface area contributed by atoms with Gasteiger partial charge in [0.15, 0.2) is 5.65 Å². The van der Waals surface area contributed by atoms with Crippen molar-refractivity contribution in [2.24, 2.45) is 0 Å². The van der Waals surface area contributed by atoms with Crippen LogP contribution in [0, 0.1) is 6.92 Å². The van der Waals surface area contributed by atoms with Crippen LogP contribution in [-0.2, 0) is 6.54 Å². The van der Waals surface area contributed by atoms with E-state index in [4.69, 9.17) is 5.10 Å². The SMILES string of the molecule is Cc1[nH]nc2ncc(NC(=O)c3cn(Cc4ccccc4)nc3-c3cccs3)cc12. The largest absolute Gasteiger partial charge is 0.320 e. The molecule has 148 valence electrons. The van der Waals surface area contributed by atoms with Gasteiger partial charge in [-0.1, -0.05) is 36.4 Å². The molecule has 0 saturated heterocycles. The van der Waals surface area contributed by atoms with Crippen LogP contribution in [0.1, 0.15) is 21.6 Å². The maximum Gasteiger partial charge on any atom is 0.259 e. The van der Waals surface area contributed by atoms with Crippen molar-refractivity contribution in [3.63, 3.8) is 0 Å². The van der Waals surface area contributed by atoms with Crippen molar-refractivity contribution in [1.29, 1.82) is 0 Å². The number of amides is 1. The topological polar surface area (TPSA) is 88.5 Å². The molecule has 7 nitrogen and oxygen atoms in total. The third-order valence-electron chi connectivity index (χ3n) is 4.81. The van der Waals surface area contributed by atoms with Crippen LogP contribution in [-0.4, -0.2) is 30.9 Å². The van der Waals surface area contributed by atoms with E-state index in [-0.39, 0.29) is 5.91 Å². The zero-order chi connectivity index (χ0) is 20.5. The normalized spacial score (nSPS) is 11.1. The summed E-state index contributed by atoms with van der Waals surface area (Å²) in [6.45, 7) is 2.51. The summed E-state index contributed by atoms with van der Waals surface area (Å²) >= 11 is 1.56. The zero-order valence-corrected chi connectivity index (χ0v) is 17.0. The van der Waals surface area contributed by atoms with Crippen molar-refractivity contribution in [2.75, 3.05) is 5.32 Å². The van der Waals surface area contributed by atoms with Gasteiger partial charge < -0.3 is 5.32 Å². The van der Waals surface area contributed by atoms with Crippen LogP contribution in [0.2, 0.25) is 0 Å². The molecule has 0 bridgehead atoms. The molecular weight excluding hydrogens is 396 g/mol. The van der Waals surface area contributed by atoms with E-state index in [0.29, 0.717) is 29.1 Å². The lowest BCUT2D eigenvalue weighted by Crippen LogP contribution is -2.12. The molecule has 0 spiro atoms. The van der Waals surface area contributed by atoms with Gasteiger partial charge in [-0.05, 0) is 30.0 Å². The van der Waals surface area contributed by atoms with Gasteiger partial charge in [0, 0.05) is 17.3 Å².